The Labute approximate surface area is 191 Å². The molecule has 32 heavy (non-hydrogen) atoms. The predicted molar refractivity (Wildman–Crippen MR) is 121 cm³/mol. The smallest absolute Gasteiger partial charge is 0.340 e. The van der Waals surface area contributed by atoms with Crippen LogP contribution in [0.2, 0.25) is 0 Å². The first-order chi connectivity index (χ1) is 15.2. The van der Waals surface area contributed by atoms with Gasteiger partial charge in [-0.05, 0) is 37.0 Å². The number of aromatic nitrogens is 1. The van der Waals surface area contributed by atoms with Crippen molar-refractivity contribution in [1.82, 2.24) is 4.98 Å². The van der Waals surface area contributed by atoms with Gasteiger partial charge in [0.15, 0.2) is 21.1 Å². The number of rotatable bonds is 9. The molecule has 174 valence electrons. The van der Waals surface area contributed by atoms with Gasteiger partial charge in [0, 0.05) is 12.5 Å². The Kier molecular flexibility index (Phi) is 8.02. The number of anilines is 1. The number of nitrogens with one attached hydrogen (secondary N) is 1. The minimum absolute atomic E-state index is 0.152. The number of thiazole rings is 1. The number of nitrogens with zero attached hydrogens (tertiary/aromatic N) is 1. The Balaban J connectivity index is 1.78. The van der Waals surface area contributed by atoms with E-state index < -0.39 is 27.8 Å². The van der Waals surface area contributed by atoms with E-state index in [2.05, 4.69) is 10.3 Å². The maximum atomic E-state index is 13.2. The number of sulfone groups is 1. The van der Waals surface area contributed by atoms with Crippen molar-refractivity contribution in [2.24, 2.45) is 5.92 Å². The SMILES string of the molecule is CCOC(=O)C(O)c1cnc(NC(=O)C(CC2CCCC2)c2ccc(S(C)(=O)=O)cc2)s1. The molecule has 1 aromatic heterocycles. The van der Waals surface area contributed by atoms with E-state index in [1.165, 1.54) is 18.3 Å². The third-order valence-electron chi connectivity index (χ3n) is 5.60. The quantitative estimate of drug-likeness (QED) is 0.527. The lowest BCUT2D eigenvalue weighted by atomic mass is 9.87. The van der Waals surface area contributed by atoms with Crippen LogP contribution in [0.4, 0.5) is 5.13 Å². The van der Waals surface area contributed by atoms with E-state index in [9.17, 15) is 23.1 Å². The molecule has 1 amide bonds. The van der Waals surface area contributed by atoms with Crippen molar-refractivity contribution in [3.63, 3.8) is 0 Å². The maximum Gasteiger partial charge on any atom is 0.340 e. The van der Waals surface area contributed by atoms with Crippen molar-refractivity contribution in [3.05, 3.63) is 40.9 Å². The standard InChI is InChI=1S/C22H28N2O6S2/c1-3-30-21(27)19(25)18-13-23-22(31-18)24-20(26)17(12-14-6-4-5-7-14)15-8-10-16(11-9-15)32(2,28)29/h8-11,13-14,17,19,25H,3-7,12H2,1-2H3,(H,23,24,26). The molecule has 2 atom stereocenters. The van der Waals surface area contributed by atoms with Gasteiger partial charge in [0.25, 0.3) is 0 Å². The Bertz CT molecular complexity index is 1040. The molecule has 1 aliphatic carbocycles. The van der Waals surface area contributed by atoms with Gasteiger partial charge in [-0.3, -0.25) is 4.79 Å². The monoisotopic (exact) mass is 480 g/mol. The lowest BCUT2D eigenvalue weighted by Gasteiger charge is -2.20. The van der Waals surface area contributed by atoms with Gasteiger partial charge in [0.2, 0.25) is 5.91 Å². The normalized spacial score (nSPS) is 16.5. The van der Waals surface area contributed by atoms with E-state index >= 15 is 0 Å². The highest BCUT2D eigenvalue weighted by molar-refractivity contribution is 7.90. The first-order valence-corrected chi connectivity index (χ1v) is 13.3. The second-order valence-electron chi connectivity index (χ2n) is 7.99. The molecule has 1 fully saturated rings. The van der Waals surface area contributed by atoms with Gasteiger partial charge in [-0.2, -0.15) is 0 Å². The summed E-state index contributed by atoms with van der Waals surface area (Å²) in [4.78, 5) is 29.5. The fraction of sp³-hybridized carbons (Fsp3) is 0.500. The van der Waals surface area contributed by atoms with Crippen LogP contribution in [0.15, 0.2) is 35.4 Å². The topological polar surface area (TPSA) is 123 Å². The van der Waals surface area contributed by atoms with E-state index in [0.29, 0.717) is 12.3 Å². The third kappa shape index (κ3) is 6.14. The molecule has 2 unspecified atom stereocenters. The highest BCUT2D eigenvalue weighted by Crippen LogP contribution is 2.35. The maximum absolute atomic E-state index is 13.2. The summed E-state index contributed by atoms with van der Waals surface area (Å²) in [5, 5.41) is 13.1. The van der Waals surface area contributed by atoms with Crippen LogP contribution in [-0.4, -0.2) is 43.2 Å². The molecule has 1 aliphatic rings. The van der Waals surface area contributed by atoms with Gasteiger partial charge >= 0.3 is 5.97 Å². The zero-order valence-corrected chi connectivity index (χ0v) is 19.7. The number of hydrogen-bond donors (Lipinski definition) is 2. The summed E-state index contributed by atoms with van der Waals surface area (Å²) in [7, 11) is -3.32. The van der Waals surface area contributed by atoms with Crippen LogP contribution in [0.25, 0.3) is 0 Å². The molecule has 0 radical (unpaired) electrons. The first kappa shape index (κ1) is 24.3. The van der Waals surface area contributed by atoms with Crippen LogP contribution in [0, 0.1) is 5.92 Å². The summed E-state index contributed by atoms with van der Waals surface area (Å²) in [5.41, 5.74) is 0.741. The number of aliphatic hydroxyl groups is 1. The van der Waals surface area contributed by atoms with Gasteiger partial charge in [-0.15, -0.1) is 0 Å². The molecular weight excluding hydrogens is 452 g/mol. The van der Waals surface area contributed by atoms with Crippen LogP contribution in [-0.2, 0) is 24.2 Å². The fourth-order valence-electron chi connectivity index (χ4n) is 3.92. The second kappa shape index (κ2) is 10.5. The van der Waals surface area contributed by atoms with E-state index in [1.54, 1.807) is 19.1 Å². The Morgan fingerprint density at radius 3 is 2.50 bits per heavy atom. The molecule has 3 rings (SSSR count). The van der Waals surface area contributed by atoms with E-state index in [1.807, 2.05) is 0 Å². The predicted octanol–water partition coefficient (Wildman–Crippen LogP) is 3.45. The van der Waals surface area contributed by atoms with Crippen LogP contribution in [0.3, 0.4) is 0 Å². The van der Waals surface area contributed by atoms with Crippen molar-refractivity contribution >= 4 is 38.2 Å². The molecule has 2 aromatic rings. The van der Waals surface area contributed by atoms with Crippen molar-refractivity contribution in [2.75, 3.05) is 18.2 Å². The lowest BCUT2D eigenvalue weighted by molar-refractivity contribution is -0.153. The van der Waals surface area contributed by atoms with E-state index in [0.717, 1.165) is 48.8 Å². The number of benzene rings is 1. The number of carbonyl (C=O) groups excluding carboxylic acids is 2. The van der Waals surface area contributed by atoms with Crippen LogP contribution >= 0.6 is 11.3 Å². The minimum atomic E-state index is -3.32. The van der Waals surface area contributed by atoms with E-state index in [4.69, 9.17) is 4.74 Å². The summed E-state index contributed by atoms with van der Waals surface area (Å²) in [5.74, 6) is -1.05. The van der Waals surface area contributed by atoms with Gasteiger partial charge < -0.3 is 15.2 Å². The molecule has 0 saturated heterocycles. The average molecular weight is 481 g/mol. The summed E-state index contributed by atoms with van der Waals surface area (Å²) >= 11 is 1.01. The third-order valence-corrected chi connectivity index (χ3v) is 7.70. The molecule has 10 heteroatoms. The van der Waals surface area contributed by atoms with Gasteiger partial charge in [-0.25, -0.2) is 18.2 Å². The Morgan fingerprint density at radius 2 is 1.91 bits per heavy atom. The number of hydrogen-bond acceptors (Lipinski definition) is 8. The number of esters is 1. The largest absolute Gasteiger partial charge is 0.464 e. The van der Waals surface area contributed by atoms with Crippen molar-refractivity contribution in [2.45, 2.75) is 55.9 Å². The number of carbonyl (C=O) groups is 2. The molecule has 0 spiro atoms. The molecular formula is C22H28N2O6S2. The fourth-order valence-corrected chi connectivity index (χ4v) is 5.35. The zero-order chi connectivity index (χ0) is 23.3. The van der Waals surface area contributed by atoms with Crippen molar-refractivity contribution < 1.29 is 27.9 Å². The van der Waals surface area contributed by atoms with Crippen LogP contribution in [0.1, 0.15) is 61.5 Å². The van der Waals surface area contributed by atoms with Crippen molar-refractivity contribution in [3.8, 4) is 0 Å². The van der Waals surface area contributed by atoms with E-state index in [-0.39, 0.29) is 27.4 Å². The van der Waals surface area contributed by atoms with Crippen molar-refractivity contribution in [1.29, 1.82) is 0 Å². The summed E-state index contributed by atoms with van der Waals surface area (Å²) in [6, 6.07) is 6.42. The Morgan fingerprint density at radius 1 is 1.25 bits per heavy atom. The van der Waals surface area contributed by atoms with Gasteiger partial charge in [0.05, 0.1) is 22.3 Å². The number of ether oxygens (including phenoxy) is 1. The minimum Gasteiger partial charge on any atom is -0.464 e. The molecule has 2 N–H and O–H groups in total. The molecule has 1 aromatic carbocycles. The highest BCUT2D eigenvalue weighted by Gasteiger charge is 2.28. The Hall–Kier alpha value is -2.30. The molecule has 1 heterocycles. The zero-order valence-electron chi connectivity index (χ0n) is 18.1. The van der Waals surface area contributed by atoms with Crippen LogP contribution < -0.4 is 5.32 Å². The summed E-state index contributed by atoms with van der Waals surface area (Å²) < 4.78 is 28.4. The molecule has 0 aliphatic heterocycles. The molecule has 0 bridgehead atoms. The lowest BCUT2D eigenvalue weighted by Crippen LogP contribution is -2.23. The molecule has 1 saturated carbocycles. The van der Waals surface area contributed by atoms with Gasteiger partial charge in [0.1, 0.15) is 0 Å². The van der Waals surface area contributed by atoms with Crippen LogP contribution in [0.5, 0.6) is 0 Å². The number of aliphatic hydroxyl groups excluding tert-OH is 1. The molecule has 8 nitrogen and oxygen atoms in total. The summed E-state index contributed by atoms with van der Waals surface area (Å²) in [6.45, 7) is 1.80. The number of amides is 1. The average Bonchev–Trinajstić information content (AvgIpc) is 3.43. The first-order valence-electron chi connectivity index (χ1n) is 10.6. The second-order valence-corrected chi connectivity index (χ2v) is 11.1. The summed E-state index contributed by atoms with van der Waals surface area (Å²) in [6.07, 6.45) is 6.13. The highest BCUT2D eigenvalue weighted by atomic mass is 32.2. The van der Waals surface area contributed by atoms with Gasteiger partial charge in [-0.1, -0.05) is 49.2 Å².